The van der Waals surface area contributed by atoms with Crippen LogP contribution >= 0.6 is 11.6 Å². The Morgan fingerprint density at radius 1 is 1.05 bits per heavy atom. The summed E-state index contributed by atoms with van der Waals surface area (Å²) in [7, 11) is 0. The smallest absolute Gasteiger partial charge is 0.241 e. The van der Waals surface area contributed by atoms with Gasteiger partial charge in [-0.3, -0.25) is 24.5 Å². The summed E-state index contributed by atoms with van der Waals surface area (Å²) >= 11 is 6.01. The fourth-order valence-corrected chi connectivity index (χ4v) is 7.51. The highest BCUT2D eigenvalue weighted by Crippen LogP contribution is 2.63. The van der Waals surface area contributed by atoms with Crippen LogP contribution in [0.25, 0.3) is 0 Å². The Labute approximate surface area is 223 Å². The van der Waals surface area contributed by atoms with Gasteiger partial charge in [-0.2, -0.15) is 0 Å². The van der Waals surface area contributed by atoms with Crippen LogP contribution in [0.5, 0.6) is 5.75 Å². The number of carbonyl (C=O) groups excluding carboxylic acids is 4. The lowest BCUT2D eigenvalue weighted by molar-refractivity contribution is -0.131. The molecule has 2 aromatic carbocycles. The number of phenols is 1. The molecule has 2 aliphatic heterocycles. The van der Waals surface area contributed by atoms with E-state index in [-0.39, 0.29) is 34.7 Å². The molecule has 0 aromatic heterocycles. The van der Waals surface area contributed by atoms with E-state index in [0.29, 0.717) is 17.5 Å². The van der Waals surface area contributed by atoms with Crippen molar-refractivity contribution in [1.29, 1.82) is 0 Å². The predicted molar refractivity (Wildman–Crippen MR) is 137 cm³/mol. The van der Waals surface area contributed by atoms with Crippen molar-refractivity contribution in [3.63, 3.8) is 0 Å². The standard InChI is InChI=1S/C29H26ClFN2O5/c1-12-8-14(9-13(2)24(12)34)23-16-5-6-17-22(26(36)32-25(17)35)18(16)11-19-27(37)33(28(38)29(19,23)3)15-4-7-21(31)20(30)10-15/h4-5,7-10,17-19,22-23,34H,6,11H2,1-3H3,(H,32,35,36)/t17-,18+,19-,22-,23-,29+/m0/s1. The van der Waals surface area contributed by atoms with Crippen LogP contribution in [0.3, 0.4) is 0 Å². The molecular weight excluding hydrogens is 511 g/mol. The number of aryl methyl sites for hydroxylation is 2. The molecular formula is C29H26ClFN2O5. The SMILES string of the molecule is Cc1cc([C@H]2C3=CC[C@@H]4C(=O)NC(=O)[C@@H]4[C@@H]3C[C@H]3C(=O)N(c4ccc(F)c(Cl)c4)C(=O)[C@@]23C)cc(C)c1O. The van der Waals surface area contributed by atoms with Gasteiger partial charge in [-0.15, -0.1) is 0 Å². The summed E-state index contributed by atoms with van der Waals surface area (Å²) in [6.45, 7) is 5.32. The number of hydrogen-bond acceptors (Lipinski definition) is 5. The Bertz CT molecular complexity index is 1480. The van der Waals surface area contributed by atoms with E-state index in [2.05, 4.69) is 5.32 Å². The average Bonchev–Trinajstić information content (AvgIpc) is 3.26. The lowest BCUT2D eigenvalue weighted by Gasteiger charge is -2.49. The zero-order chi connectivity index (χ0) is 27.3. The van der Waals surface area contributed by atoms with Crippen molar-refractivity contribution in [2.24, 2.45) is 29.1 Å². The van der Waals surface area contributed by atoms with Crippen molar-refractivity contribution < 1.29 is 28.7 Å². The number of amides is 4. The van der Waals surface area contributed by atoms with Gasteiger partial charge in [0.15, 0.2) is 0 Å². The van der Waals surface area contributed by atoms with Crippen molar-refractivity contribution in [1.82, 2.24) is 5.32 Å². The number of rotatable bonds is 2. The monoisotopic (exact) mass is 536 g/mol. The van der Waals surface area contributed by atoms with Gasteiger partial charge in [-0.05, 0) is 74.4 Å². The fourth-order valence-electron chi connectivity index (χ4n) is 7.33. The molecule has 2 N–H and O–H groups in total. The number of aromatic hydroxyl groups is 1. The van der Waals surface area contributed by atoms with E-state index in [0.717, 1.165) is 22.1 Å². The van der Waals surface area contributed by atoms with Crippen molar-refractivity contribution >= 4 is 40.9 Å². The molecule has 2 saturated heterocycles. The molecule has 196 valence electrons. The van der Waals surface area contributed by atoms with E-state index in [9.17, 15) is 28.7 Å². The Morgan fingerprint density at radius 2 is 1.74 bits per heavy atom. The van der Waals surface area contributed by atoms with E-state index < -0.39 is 52.6 Å². The highest BCUT2D eigenvalue weighted by molar-refractivity contribution is 6.31. The molecule has 0 unspecified atom stereocenters. The zero-order valence-electron chi connectivity index (χ0n) is 21.0. The Balaban J connectivity index is 1.56. The molecule has 7 nitrogen and oxygen atoms in total. The molecule has 6 atom stereocenters. The molecule has 3 fully saturated rings. The number of nitrogens with one attached hydrogen (secondary N) is 1. The first-order valence-electron chi connectivity index (χ1n) is 12.6. The summed E-state index contributed by atoms with van der Waals surface area (Å²) in [6.07, 6.45) is 2.55. The summed E-state index contributed by atoms with van der Waals surface area (Å²) in [5, 5.41) is 12.7. The van der Waals surface area contributed by atoms with Crippen LogP contribution in [0, 0.1) is 48.8 Å². The third-order valence-electron chi connectivity index (χ3n) is 9.13. The summed E-state index contributed by atoms with van der Waals surface area (Å²) in [4.78, 5) is 54.8. The van der Waals surface area contributed by atoms with Gasteiger partial charge < -0.3 is 5.11 Å². The van der Waals surface area contributed by atoms with Crippen LogP contribution in [0.4, 0.5) is 10.1 Å². The van der Waals surface area contributed by atoms with Crippen LogP contribution in [0.1, 0.15) is 42.4 Å². The first kappa shape index (κ1) is 24.8. The van der Waals surface area contributed by atoms with E-state index in [1.54, 1.807) is 20.8 Å². The quantitative estimate of drug-likeness (QED) is 0.439. The molecule has 4 amide bonds. The van der Waals surface area contributed by atoms with E-state index in [4.69, 9.17) is 11.6 Å². The molecule has 4 aliphatic rings. The van der Waals surface area contributed by atoms with E-state index in [1.807, 2.05) is 18.2 Å². The fraction of sp³-hybridized carbons (Fsp3) is 0.379. The van der Waals surface area contributed by atoms with Gasteiger partial charge in [0.05, 0.1) is 33.9 Å². The lowest BCUT2D eigenvalue weighted by atomic mass is 9.51. The number of benzene rings is 2. The highest BCUT2D eigenvalue weighted by Gasteiger charge is 2.67. The Hall–Kier alpha value is -3.52. The number of halogens is 2. The van der Waals surface area contributed by atoms with Crippen LogP contribution < -0.4 is 10.2 Å². The van der Waals surface area contributed by atoms with Gasteiger partial charge in [0, 0.05) is 5.92 Å². The van der Waals surface area contributed by atoms with Crippen LogP contribution in [-0.2, 0) is 19.2 Å². The second kappa shape index (κ2) is 8.24. The molecule has 1 saturated carbocycles. The van der Waals surface area contributed by atoms with Crippen molar-refractivity contribution in [2.75, 3.05) is 4.90 Å². The number of fused-ring (bicyclic) bond motifs is 4. The van der Waals surface area contributed by atoms with Gasteiger partial charge in [-0.25, -0.2) is 9.29 Å². The predicted octanol–water partition coefficient (Wildman–Crippen LogP) is 4.32. The van der Waals surface area contributed by atoms with Gasteiger partial charge in [0.1, 0.15) is 11.6 Å². The molecule has 6 rings (SSSR count). The van der Waals surface area contributed by atoms with Crippen LogP contribution in [-0.4, -0.2) is 28.7 Å². The van der Waals surface area contributed by atoms with Crippen molar-refractivity contribution in [3.05, 3.63) is 69.5 Å². The normalized spacial score (nSPS) is 32.1. The number of phenolic OH excluding ortho intramolecular Hbond substituents is 1. The number of hydrogen-bond donors (Lipinski definition) is 2. The minimum Gasteiger partial charge on any atom is -0.507 e. The maximum absolute atomic E-state index is 14.3. The third kappa shape index (κ3) is 3.19. The molecule has 2 heterocycles. The highest BCUT2D eigenvalue weighted by atomic mass is 35.5. The molecule has 2 aliphatic carbocycles. The first-order chi connectivity index (χ1) is 17.9. The van der Waals surface area contributed by atoms with Gasteiger partial charge in [-0.1, -0.05) is 35.4 Å². The van der Waals surface area contributed by atoms with Crippen LogP contribution in [0.2, 0.25) is 5.02 Å². The maximum Gasteiger partial charge on any atom is 0.241 e. The number of imide groups is 2. The molecule has 38 heavy (non-hydrogen) atoms. The molecule has 0 bridgehead atoms. The molecule has 0 radical (unpaired) electrons. The summed E-state index contributed by atoms with van der Waals surface area (Å²) in [5.74, 6) is -4.96. The molecule has 0 spiro atoms. The second-order valence-electron chi connectivity index (χ2n) is 11.1. The molecule has 2 aromatic rings. The topological polar surface area (TPSA) is 104 Å². The van der Waals surface area contributed by atoms with Crippen LogP contribution in [0.15, 0.2) is 42.0 Å². The summed E-state index contributed by atoms with van der Waals surface area (Å²) < 4.78 is 13.9. The van der Waals surface area contributed by atoms with Gasteiger partial charge in [0.25, 0.3) is 0 Å². The number of nitrogens with zero attached hydrogens (tertiary/aromatic N) is 1. The Kier molecular flexibility index (Phi) is 5.38. The average molecular weight is 537 g/mol. The Morgan fingerprint density at radius 3 is 2.39 bits per heavy atom. The number of carbonyl (C=O) groups is 4. The minimum absolute atomic E-state index is 0.151. The number of anilines is 1. The zero-order valence-corrected chi connectivity index (χ0v) is 21.8. The minimum atomic E-state index is -1.22. The second-order valence-corrected chi connectivity index (χ2v) is 11.5. The van der Waals surface area contributed by atoms with Gasteiger partial charge >= 0.3 is 0 Å². The molecule has 9 heteroatoms. The largest absolute Gasteiger partial charge is 0.507 e. The van der Waals surface area contributed by atoms with Crippen molar-refractivity contribution in [3.8, 4) is 5.75 Å². The first-order valence-corrected chi connectivity index (χ1v) is 13.0. The maximum atomic E-state index is 14.3. The number of allylic oxidation sites excluding steroid dienone is 2. The summed E-state index contributed by atoms with van der Waals surface area (Å²) in [5.41, 5.74) is 1.84. The van der Waals surface area contributed by atoms with Crippen molar-refractivity contribution in [2.45, 2.75) is 39.5 Å². The summed E-state index contributed by atoms with van der Waals surface area (Å²) in [6, 6.07) is 7.38. The third-order valence-corrected chi connectivity index (χ3v) is 9.42. The van der Waals surface area contributed by atoms with E-state index >= 15 is 0 Å². The lowest BCUT2D eigenvalue weighted by Crippen LogP contribution is -2.48. The van der Waals surface area contributed by atoms with Gasteiger partial charge in [0.2, 0.25) is 23.6 Å². The van der Waals surface area contributed by atoms with E-state index in [1.165, 1.54) is 12.1 Å².